The molecule has 1 nitrogen and oxygen atoms in total. The fourth-order valence-electron chi connectivity index (χ4n) is 3.54. The standard InChI is InChI=1S/C17H29NS/c1-4-18-17-8-7-15(13(2)3)11-16(17)6-5-14-9-10-19-12-14/h9-10,12-13,15-18H,4-8,11H2,1-3H3. The summed E-state index contributed by atoms with van der Waals surface area (Å²) in [5.74, 6) is 2.68. The average molecular weight is 279 g/mol. The molecule has 0 aliphatic heterocycles. The second-order valence-corrected chi connectivity index (χ2v) is 7.19. The number of thiophene rings is 1. The summed E-state index contributed by atoms with van der Waals surface area (Å²) < 4.78 is 0. The number of nitrogens with one attached hydrogen (secondary N) is 1. The third-order valence-electron chi connectivity index (χ3n) is 4.82. The lowest BCUT2D eigenvalue weighted by atomic mass is 9.72. The van der Waals surface area contributed by atoms with E-state index in [0.717, 1.165) is 30.3 Å². The van der Waals surface area contributed by atoms with Gasteiger partial charge in [0.2, 0.25) is 0 Å². The molecule has 3 unspecified atom stereocenters. The van der Waals surface area contributed by atoms with E-state index in [1.807, 2.05) is 11.3 Å². The molecule has 3 atom stereocenters. The fourth-order valence-corrected chi connectivity index (χ4v) is 4.25. The predicted octanol–water partition coefficient (Wildman–Crippen LogP) is 4.73. The normalized spacial score (nSPS) is 27.9. The Morgan fingerprint density at radius 2 is 2.21 bits per heavy atom. The second-order valence-electron chi connectivity index (χ2n) is 6.41. The van der Waals surface area contributed by atoms with E-state index in [1.54, 1.807) is 0 Å². The maximum absolute atomic E-state index is 3.73. The summed E-state index contributed by atoms with van der Waals surface area (Å²) >= 11 is 1.83. The molecule has 1 aromatic heterocycles. The zero-order chi connectivity index (χ0) is 13.7. The molecule has 1 aliphatic carbocycles. The molecule has 0 bridgehead atoms. The summed E-state index contributed by atoms with van der Waals surface area (Å²) in [6.07, 6.45) is 6.85. The van der Waals surface area contributed by atoms with Crippen LogP contribution in [0.5, 0.6) is 0 Å². The van der Waals surface area contributed by atoms with E-state index < -0.39 is 0 Å². The van der Waals surface area contributed by atoms with Gasteiger partial charge in [-0.05, 0) is 78.8 Å². The molecule has 2 heteroatoms. The minimum atomic E-state index is 0.763. The van der Waals surface area contributed by atoms with Crippen LogP contribution in [-0.2, 0) is 6.42 Å². The van der Waals surface area contributed by atoms with Crippen LogP contribution in [0.15, 0.2) is 16.8 Å². The molecule has 0 radical (unpaired) electrons. The van der Waals surface area contributed by atoms with Gasteiger partial charge in [-0.1, -0.05) is 20.8 Å². The minimum absolute atomic E-state index is 0.763. The Kier molecular flexibility index (Phi) is 5.90. The zero-order valence-electron chi connectivity index (χ0n) is 12.7. The van der Waals surface area contributed by atoms with Gasteiger partial charge in [-0.2, -0.15) is 11.3 Å². The van der Waals surface area contributed by atoms with Crippen LogP contribution < -0.4 is 5.32 Å². The number of hydrogen-bond donors (Lipinski definition) is 1. The predicted molar refractivity (Wildman–Crippen MR) is 85.8 cm³/mol. The largest absolute Gasteiger partial charge is 0.314 e. The SMILES string of the molecule is CCNC1CCC(C(C)C)CC1CCc1ccsc1. The quantitative estimate of drug-likeness (QED) is 0.793. The lowest BCUT2D eigenvalue weighted by molar-refractivity contribution is 0.162. The third-order valence-corrected chi connectivity index (χ3v) is 5.55. The highest BCUT2D eigenvalue weighted by atomic mass is 32.1. The van der Waals surface area contributed by atoms with Gasteiger partial charge in [-0.25, -0.2) is 0 Å². The van der Waals surface area contributed by atoms with Crippen LogP contribution in [0, 0.1) is 17.8 Å². The number of aryl methyl sites for hydroxylation is 1. The topological polar surface area (TPSA) is 12.0 Å². The number of rotatable bonds is 6. The van der Waals surface area contributed by atoms with Gasteiger partial charge < -0.3 is 5.32 Å². The van der Waals surface area contributed by atoms with Crippen LogP contribution in [0.2, 0.25) is 0 Å². The molecule has 2 rings (SSSR count). The van der Waals surface area contributed by atoms with E-state index in [0.29, 0.717) is 0 Å². The molecule has 19 heavy (non-hydrogen) atoms. The van der Waals surface area contributed by atoms with Crippen molar-refractivity contribution in [1.29, 1.82) is 0 Å². The highest BCUT2D eigenvalue weighted by Gasteiger charge is 2.30. The minimum Gasteiger partial charge on any atom is -0.314 e. The van der Waals surface area contributed by atoms with Crippen molar-refractivity contribution < 1.29 is 0 Å². The summed E-state index contributed by atoms with van der Waals surface area (Å²) in [5.41, 5.74) is 1.53. The van der Waals surface area contributed by atoms with Crippen LogP contribution in [0.4, 0.5) is 0 Å². The van der Waals surface area contributed by atoms with E-state index in [1.165, 1.54) is 37.7 Å². The van der Waals surface area contributed by atoms with Gasteiger partial charge in [0.05, 0.1) is 0 Å². The Morgan fingerprint density at radius 3 is 2.84 bits per heavy atom. The monoisotopic (exact) mass is 279 g/mol. The van der Waals surface area contributed by atoms with E-state index in [-0.39, 0.29) is 0 Å². The highest BCUT2D eigenvalue weighted by molar-refractivity contribution is 7.07. The van der Waals surface area contributed by atoms with Crippen molar-refractivity contribution in [2.24, 2.45) is 17.8 Å². The first-order chi connectivity index (χ1) is 9.20. The molecule has 0 spiro atoms. The Hall–Kier alpha value is -0.340. The van der Waals surface area contributed by atoms with Gasteiger partial charge in [0.15, 0.2) is 0 Å². The molecular formula is C17H29NS. The summed E-state index contributed by atoms with van der Waals surface area (Å²) in [4.78, 5) is 0. The van der Waals surface area contributed by atoms with Crippen molar-refractivity contribution >= 4 is 11.3 Å². The lowest BCUT2D eigenvalue weighted by Crippen LogP contribution is -2.41. The molecule has 1 heterocycles. The summed E-state index contributed by atoms with van der Waals surface area (Å²) in [7, 11) is 0. The van der Waals surface area contributed by atoms with E-state index in [2.05, 4.69) is 42.9 Å². The Morgan fingerprint density at radius 1 is 1.37 bits per heavy atom. The van der Waals surface area contributed by atoms with Gasteiger partial charge in [0, 0.05) is 6.04 Å². The molecule has 1 fully saturated rings. The third kappa shape index (κ3) is 4.32. The van der Waals surface area contributed by atoms with Gasteiger partial charge in [0.25, 0.3) is 0 Å². The molecule has 108 valence electrons. The molecule has 1 aromatic rings. The van der Waals surface area contributed by atoms with Gasteiger partial charge in [0.1, 0.15) is 0 Å². The van der Waals surface area contributed by atoms with Crippen molar-refractivity contribution in [3.05, 3.63) is 22.4 Å². The highest BCUT2D eigenvalue weighted by Crippen LogP contribution is 2.36. The van der Waals surface area contributed by atoms with Gasteiger partial charge in [-0.3, -0.25) is 0 Å². The second kappa shape index (κ2) is 7.44. The van der Waals surface area contributed by atoms with E-state index >= 15 is 0 Å². The first-order valence-corrected chi connectivity index (χ1v) is 8.89. The summed E-state index contributed by atoms with van der Waals surface area (Å²) in [6.45, 7) is 8.15. The molecular weight excluding hydrogens is 250 g/mol. The van der Waals surface area contributed by atoms with Crippen LogP contribution in [-0.4, -0.2) is 12.6 Å². The smallest absolute Gasteiger partial charge is 0.00955 e. The van der Waals surface area contributed by atoms with Crippen molar-refractivity contribution in [2.45, 2.75) is 58.9 Å². The average Bonchev–Trinajstić information content (AvgIpc) is 2.90. The lowest BCUT2D eigenvalue weighted by Gasteiger charge is -2.38. The summed E-state index contributed by atoms with van der Waals surface area (Å²) in [5, 5.41) is 8.24. The first kappa shape index (κ1) is 15.1. The Labute approximate surface area is 122 Å². The Balaban J connectivity index is 1.90. The molecule has 1 aliphatic rings. The fraction of sp³-hybridized carbons (Fsp3) is 0.765. The maximum Gasteiger partial charge on any atom is 0.00955 e. The molecule has 1 saturated carbocycles. The maximum atomic E-state index is 3.73. The van der Waals surface area contributed by atoms with Crippen LogP contribution in [0.1, 0.15) is 52.0 Å². The van der Waals surface area contributed by atoms with Crippen molar-refractivity contribution in [2.75, 3.05) is 6.54 Å². The van der Waals surface area contributed by atoms with Gasteiger partial charge >= 0.3 is 0 Å². The van der Waals surface area contributed by atoms with Gasteiger partial charge in [-0.15, -0.1) is 0 Å². The Bertz CT molecular complexity index is 344. The molecule has 0 amide bonds. The molecule has 1 N–H and O–H groups in total. The summed E-state index contributed by atoms with van der Waals surface area (Å²) in [6, 6.07) is 3.05. The van der Waals surface area contributed by atoms with Crippen molar-refractivity contribution in [1.82, 2.24) is 5.32 Å². The zero-order valence-corrected chi connectivity index (χ0v) is 13.5. The van der Waals surface area contributed by atoms with Crippen molar-refractivity contribution in [3.63, 3.8) is 0 Å². The molecule has 0 aromatic carbocycles. The van der Waals surface area contributed by atoms with Crippen LogP contribution in [0.25, 0.3) is 0 Å². The first-order valence-electron chi connectivity index (χ1n) is 7.95. The van der Waals surface area contributed by atoms with E-state index in [9.17, 15) is 0 Å². The van der Waals surface area contributed by atoms with E-state index in [4.69, 9.17) is 0 Å². The van der Waals surface area contributed by atoms with Crippen LogP contribution >= 0.6 is 11.3 Å². The molecule has 0 saturated heterocycles. The van der Waals surface area contributed by atoms with Crippen LogP contribution in [0.3, 0.4) is 0 Å². The number of hydrogen-bond acceptors (Lipinski definition) is 2. The van der Waals surface area contributed by atoms with Crippen molar-refractivity contribution in [3.8, 4) is 0 Å².